The summed E-state index contributed by atoms with van der Waals surface area (Å²) in [5, 5.41) is 12.4. The summed E-state index contributed by atoms with van der Waals surface area (Å²) in [4.78, 5) is 16.5. The topological polar surface area (TPSA) is 77.8 Å². The predicted octanol–water partition coefficient (Wildman–Crippen LogP) is 0.342. The first-order valence-electron chi connectivity index (χ1n) is 8.68. The van der Waals surface area contributed by atoms with Crippen LogP contribution < -0.4 is 5.32 Å². The molecular weight excluding hydrogens is 308 g/mol. The van der Waals surface area contributed by atoms with Gasteiger partial charge < -0.3 is 19.7 Å². The maximum absolute atomic E-state index is 12.4. The lowest BCUT2D eigenvalue weighted by molar-refractivity contribution is -0.138. The number of amides is 1. The van der Waals surface area contributed by atoms with Crippen LogP contribution in [0.1, 0.15) is 20.3 Å². The molecule has 2 heterocycles. The Balaban J connectivity index is 1.74. The molecule has 1 amide bonds. The molecule has 134 valence electrons. The molecule has 2 aliphatic rings. The summed E-state index contributed by atoms with van der Waals surface area (Å²) in [5.74, 6) is -0.222. The Hall–Kier alpha value is -1.62. The minimum atomic E-state index is -0.222. The van der Waals surface area contributed by atoms with Crippen LogP contribution in [-0.4, -0.2) is 80.4 Å². The lowest BCUT2D eigenvalue weighted by atomic mass is 10.2. The minimum Gasteiger partial charge on any atom is -0.390 e. The summed E-state index contributed by atoms with van der Waals surface area (Å²) in [6, 6.07) is 2.01. The first-order chi connectivity index (χ1) is 11.6. The largest absolute Gasteiger partial charge is 0.390 e. The van der Waals surface area contributed by atoms with Gasteiger partial charge in [-0.2, -0.15) is 5.26 Å². The van der Waals surface area contributed by atoms with Gasteiger partial charge in [0.05, 0.1) is 25.4 Å². The molecule has 0 aromatic carbocycles. The fourth-order valence-corrected chi connectivity index (χ4v) is 3.06. The van der Waals surface area contributed by atoms with E-state index in [1.165, 1.54) is 0 Å². The number of morpholine rings is 2. The lowest BCUT2D eigenvalue weighted by Crippen LogP contribution is -2.48. The van der Waals surface area contributed by atoms with Crippen LogP contribution in [0.4, 0.5) is 0 Å². The third-order valence-corrected chi connectivity index (χ3v) is 4.20. The van der Waals surface area contributed by atoms with E-state index in [0.29, 0.717) is 13.1 Å². The van der Waals surface area contributed by atoms with E-state index in [9.17, 15) is 10.1 Å². The minimum absolute atomic E-state index is 0.000811. The van der Waals surface area contributed by atoms with E-state index in [1.807, 2.05) is 19.9 Å². The highest BCUT2D eigenvalue weighted by Gasteiger charge is 2.27. The second kappa shape index (κ2) is 9.62. The molecule has 0 radical (unpaired) electrons. The maximum atomic E-state index is 12.4. The lowest BCUT2D eigenvalue weighted by Gasteiger charge is -2.35. The van der Waals surface area contributed by atoms with Crippen molar-refractivity contribution < 1.29 is 14.3 Å². The van der Waals surface area contributed by atoms with Gasteiger partial charge in [0.15, 0.2) is 0 Å². The van der Waals surface area contributed by atoms with Crippen LogP contribution >= 0.6 is 0 Å². The van der Waals surface area contributed by atoms with Crippen molar-refractivity contribution in [1.82, 2.24) is 15.1 Å². The zero-order valence-electron chi connectivity index (χ0n) is 14.7. The normalized spacial score (nSPS) is 26.0. The first kappa shape index (κ1) is 18.7. The Morgan fingerprint density at radius 2 is 1.96 bits per heavy atom. The van der Waals surface area contributed by atoms with E-state index in [0.717, 1.165) is 45.8 Å². The molecule has 24 heavy (non-hydrogen) atoms. The van der Waals surface area contributed by atoms with Crippen LogP contribution in [0.5, 0.6) is 0 Å². The Kier molecular flexibility index (Phi) is 7.50. The number of rotatable bonds is 6. The van der Waals surface area contributed by atoms with Gasteiger partial charge in [-0.15, -0.1) is 0 Å². The zero-order valence-corrected chi connectivity index (χ0v) is 14.7. The van der Waals surface area contributed by atoms with Crippen LogP contribution in [0, 0.1) is 11.3 Å². The molecule has 2 rings (SSSR count). The molecule has 2 unspecified atom stereocenters. The zero-order chi connectivity index (χ0) is 17.4. The van der Waals surface area contributed by atoms with Crippen LogP contribution in [0.3, 0.4) is 0 Å². The summed E-state index contributed by atoms with van der Waals surface area (Å²) in [7, 11) is 0. The van der Waals surface area contributed by atoms with Crippen molar-refractivity contribution in [1.29, 1.82) is 5.26 Å². The Labute approximate surface area is 144 Å². The van der Waals surface area contributed by atoms with Gasteiger partial charge in [0, 0.05) is 38.9 Å². The fourth-order valence-electron chi connectivity index (χ4n) is 3.06. The van der Waals surface area contributed by atoms with E-state index in [2.05, 4.69) is 10.2 Å². The van der Waals surface area contributed by atoms with Gasteiger partial charge in [-0.3, -0.25) is 9.69 Å². The summed E-state index contributed by atoms with van der Waals surface area (Å²) in [5.41, 5.74) is 0.155. The van der Waals surface area contributed by atoms with Crippen LogP contribution in [0.25, 0.3) is 0 Å². The molecule has 0 aliphatic carbocycles. The number of carbonyl (C=O) groups excluding carboxylic acids is 1. The van der Waals surface area contributed by atoms with Gasteiger partial charge in [0.2, 0.25) is 0 Å². The molecule has 7 heteroatoms. The maximum Gasteiger partial charge on any atom is 0.266 e. The molecule has 2 atom stereocenters. The molecule has 0 aromatic rings. The van der Waals surface area contributed by atoms with E-state index in [4.69, 9.17) is 9.47 Å². The second-order valence-corrected chi connectivity index (χ2v) is 6.40. The van der Waals surface area contributed by atoms with Crippen molar-refractivity contribution in [3.05, 3.63) is 11.8 Å². The number of hydrogen-bond acceptors (Lipinski definition) is 6. The van der Waals surface area contributed by atoms with Gasteiger partial charge in [0.1, 0.15) is 11.6 Å². The van der Waals surface area contributed by atoms with Crippen molar-refractivity contribution in [2.45, 2.75) is 32.5 Å². The Morgan fingerprint density at radius 3 is 2.58 bits per heavy atom. The van der Waals surface area contributed by atoms with E-state index >= 15 is 0 Å². The molecule has 2 fully saturated rings. The van der Waals surface area contributed by atoms with Gasteiger partial charge in [-0.25, -0.2) is 0 Å². The summed E-state index contributed by atoms with van der Waals surface area (Å²) in [6.07, 6.45) is 2.51. The van der Waals surface area contributed by atoms with Crippen molar-refractivity contribution >= 4 is 5.91 Å². The third-order valence-electron chi connectivity index (χ3n) is 4.20. The van der Waals surface area contributed by atoms with E-state index < -0.39 is 0 Å². The van der Waals surface area contributed by atoms with Gasteiger partial charge >= 0.3 is 0 Å². The molecule has 2 aliphatic heterocycles. The average Bonchev–Trinajstić information content (AvgIpc) is 2.57. The molecule has 0 bridgehead atoms. The van der Waals surface area contributed by atoms with E-state index in [-0.39, 0.29) is 23.7 Å². The second-order valence-electron chi connectivity index (χ2n) is 6.40. The molecule has 2 saturated heterocycles. The van der Waals surface area contributed by atoms with Crippen molar-refractivity contribution in [3.63, 3.8) is 0 Å². The number of carbonyl (C=O) groups is 1. The number of nitrogens with one attached hydrogen (secondary N) is 1. The fraction of sp³-hybridized carbons (Fsp3) is 0.765. The average molecular weight is 336 g/mol. The summed E-state index contributed by atoms with van der Waals surface area (Å²) in [6.45, 7) is 10.2. The Morgan fingerprint density at radius 1 is 1.29 bits per heavy atom. The predicted molar refractivity (Wildman–Crippen MR) is 90.2 cm³/mol. The smallest absolute Gasteiger partial charge is 0.266 e. The van der Waals surface area contributed by atoms with Crippen LogP contribution in [0.15, 0.2) is 11.8 Å². The van der Waals surface area contributed by atoms with Crippen LogP contribution in [-0.2, 0) is 14.3 Å². The number of hydrogen-bond donors (Lipinski definition) is 1. The molecule has 0 spiro atoms. The third kappa shape index (κ3) is 5.78. The van der Waals surface area contributed by atoms with E-state index in [1.54, 1.807) is 11.1 Å². The standard InChI is InChI=1S/C17H28N4O3/c1-14-12-21(13-15(2)24-14)17(22)16(10-18)11-19-4-3-5-20-6-8-23-9-7-20/h11,14-15,19H,3-9,12-13H2,1-2H3/b16-11-. The summed E-state index contributed by atoms with van der Waals surface area (Å²) >= 11 is 0. The highest BCUT2D eigenvalue weighted by atomic mass is 16.5. The monoisotopic (exact) mass is 336 g/mol. The van der Waals surface area contributed by atoms with Crippen LogP contribution in [0.2, 0.25) is 0 Å². The van der Waals surface area contributed by atoms with Gasteiger partial charge in [0.25, 0.3) is 5.91 Å². The molecule has 1 N–H and O–H groups in total. The molecule has 7 nitrogen and oxygen atoms in total. The first-order valence-corrected chi connectivity index (χ1v) is 8.68. The number of ether oxygens (including phenoxy) is 2. The number of nitrogens with zero attached hydrogens (tertiary/aromatic N) is 3. The molecular formula is C17H28N4O3. The number of nitriles is 1. The van der Waals surface area contributed by atoms with Crippen molar-refractivity contribution in [3.8, 4) is 6.07 Å². The van der Waals surface area contributed by atoms with Crippen molar-refractivity contribution in [2.24, 2.45) is 0 Å². The highest BCUT2D eigenvalue weighted by Crippen LogP contribution is 2.13. The van der Waals surface area contributed by atoms with Crippen molar-refractivity contribution in [2.75, 3.05) is 52.5 Å². The molecule has 0 saturated carbocycles. The quantitative estimate of drug-likeness (QED) is 0.428. The highest BCUT2D eigenvalue weighted by molar-refractivity contribution is 5.97. The molecule has 0 aromatic heterocycles. The Bertz CT molecular complexity index is 473. The summed E-state index contributed by atoms with van der Waals surface area (Å²) < 4.78 is 10.9. The van der Waals surface area contributed by atoms with Gasteiger partial charge in [-0.05, 0) is 26.8 Å². The van der Waals surface area contributed by atoms with Gasteiger partial charge in [-0.1, -0.05) is 0 Å². The SMILES string of the molecule is CC1CN(C(=O)/C(C#N)=C\NCCCN2CCOCC2)CC(C)O1.